The number of likely N-dealkylation sites (N-methyl/N-ethyl adjacent to an activating group) is 1. The Hall–Kier alpha value is -0.880. The lowest BCUT2D eigenvalue weighted by molar-refractivity contribution is -0.130. The molecule has 0 saturated heterocycles. The van der Waals surface area contributed by atoms with E-state index >= 15 is 0 Å². The molecule has 0 spiro atoms. The zero-order chi connectivity index (χ0) is 14.6. The zero-order valence-electron chi connectivity index (χ0n) is 12.3. The third-order valence-electron chi connectivity index (χ3n) is 3.08. The van der Waals surface area contributed by atoms with E-state index in [1.807, 2.05) is 11.6 Å². The number of halogens is 1. The van der Waals surface area contributed by atoms with Crippen LogP contribution in [-0.4, -0.2) is 40.7 Å². The van der Waals surface area contributed by atoms with Crippen LogP contribution in [0, 0.1) is 0 Å². The molecule has 1 amide bonds. The fourth-order valence-corrected chi connectivity index (χ4v) is 2.62. The summed E-state index contributed by atoms with van der Waals surface area (Å²) in [7, 11) is 3.53. The molecule has 0 aliphatic heterocycles. The first-order valence-corrected chi connectivity index (χ1v) is 7.40. The van der Waals surface area contributed by atoms with Gasteiger partial charge in [-0.05, 0) is 36.2 Å². The molecule has 0 aliphatic rings. The molecule has 1 unspecified atom stereocenters. The van der Waals surface area contributed by atoms with Gasteiger partial charge in [0.15, 0.2) is 0 Å². The van der Waals surface area contributed by atoms with Crippen LogP contribution in [0.3, 0.4) is 0 Å². The Morgan fingerprint density at radius 3 is 2.58 bits per heavy atom. The van der Waals surface area contributed by atoms with Gasteiger partial charge < -0.3 is 10.2 Å². The number of hydrogen-bond donors (Lipinski definition) is 1. The number of hydrogen-bond acceptors (Lipinski definition) is 3. The third-order valence-corrected chi connectivity index (χ3v) is 4.00. The van der Waals surface area contributed by atoms with Gasteiger partial charge in [-0.3, -0.25) is 9.48 Å². The fraction of sp³-hybridized carbons (Fsp3) is 0.692. The van der Waals surface area contributed by atoms with Crippen LogP contribution in [0.1, 0.15) is 32.2 Å². The molecule has 0 saturated carbocycles. The number of nitrogens with zero attached hydrogens (tertiary/aromatic N) is 3. The highest BCUT2D eigenvalue weighted by atomic mass is 79.9. The van der Waals surface area contributed by atoms with Crippen molar-refractivity contribution >= 4 is 21.8 Å². The summed E-state index contributed by atoms with van der Waals surface area (Å²) in [5.74, 6) is 0.0781. The van der Waals surface area contributed by atoms with Crippen molar-refractivity contribution in [3.05, 3.63) is 15.9 Å². The Morgan fingerprint density at radius 2 is 2.11 bits per heavy atom. The van der Waals surface area contributed by atoms with Crippen LogP contribution in [0.15, 0.2) is 4.47 Å². The third kappa shape index (κ3) is 3.79. The normalized spacial score (nSPS) is 12.5. The average Bonchev–Trinajstić information content (AvgIpc) is 2.70. The largest absolute Gasteiger partial charge is 0.347 e. The van der Waals surface area contributed by atoms with Crippen molar-refractivity contribution in [1.82, 2.24) is 20.0 Å². The minimum Gasteiger partial charge on any atom is -0.347 e. The predicted molar refractivity (Wildman–Crippen MR) is 80.0 cm³/mol. The average molecular weight is 331 g/mol. The van der Waals surface area contributed by atoms with Gasteiger partial charge in [0.05, 0.1) is 21.9 Å². The van der Waals surface area contributed by atoms with Gasteiger partial charge in [0.1, 0.15) is 0 Å². The lowest BCUT2D eigenvalue weighted by atomic mass is 10.2. The summed E-state index contributed by atoms with van der Waals surface area (Å²) in [6.07, 6.45) is 0.896. The number of aryl methyl sites for hydroxylation is 2. The Balaban J connectivity index is 2.77. The van der Waals surface area contributed by atoms with E-state index in [9.17, 15) is 4.79 Å². The summed E-state index contributed by atoms with van der Waals surface area (Å²) >= 11 is 3.60. The molecule has 19 heavy (non-hydrogen) atoms. The Morgan fingerprint density at radius 1 is 1.47 bits per heavy atom. The van der Waals surface area contributed by atoms with Gasteiger partial charge >= 0.3 is 0 Å². The molecule has 0 fully saturated rings. The van der Waals surface area contributed by atoms with Crippen molar-refractivity contribution in [2.45, 2.75) is 46.3 Å². The Bertz CT molecular complexity index is 442. The van der Waals surface area contributed by atoms with E-state index in [4.69, 9.17) is 0 Å². The fourth-order valence-electron chi connectivity index (χ4n) is 1.91. The second kappa shape index (κ2) is 7.05. The SMILES string of the molecule is CCc1nn(CC)c(CNC(C)C(=O)N(C)C)c1Br. The van der Waals surface area contributed by atoms with Crippen molar-refractivity contribution in [1.29, 1.82) is 0 Å². The zero-order valence-corrected chi connectivity index (χ0v) is 13.9. The molecule has 1 heterocycles. The van der Waals surface area contributed by atoms with Crippen LogP contribution in [-0.2, 0) is 24.3 Å². The molecule has 1 rings (SSSR count). The van der Waals surface area contributed by atoms with Gasteiger partial charge in [-0.2, -0.15) is 5.10 Å². The maximum absolute atomic E-state index is 11.8. The standard InChI is InChI=1S/C13H23BrN4O/c1-6-10-12(14)11(18(7-2)16-10)8-15-9(3)13(19)17(4)5/h9,15H,6-8H2,1-5H3. The minimum atomic E-state index is -0.202. The van der Waals surface area contributed by atoms with E-state index in [1.54, 1.807) is 19.0 Å². The van der Waals surface area contributed by atoms with E-state index in [2.05, 4.69) is 40.2 Å². The first-order chi connectivity index (χ1) is 8.92. The van der Waals surface area contributed by atoms with Crippen LogP contribution in [0.25, 0.3) is 0 Å². The second-order valence-electron chi connectivity index (χ2n) is 4.71. The van der Waals surface area contributed by atoms with Crippen LogP contribution in [0.2, 0.25) is 0 Å². The van der Waals surface area contributed by atoms with Gasteiger partial charge in [0.25, 0.3) is 0 Å². The van der Waals surface area contributed by atoms with Crippen LogP contribution in [0.5, 0.6) is 0 Å². The van der Waals surface area contributed by atoms with Crippen LogP contribution < -0.4 is 5.32 Å². The maximum atomic E-state index is 11.8. The molecule has 1 N–H and O–H groups in total. The number of aromatic nitrogens is 2. The molecule has 0 bridgehead atoms. The molecule has 1 aromatic heterocycles. The minimum absolute atomic E-state index is 0.0781. The van der Waals surface area contributed by atoms with Gasteiger partial charge in [-0.25, -0.2) is 0 Å². The van der Waals surface area contributed by atoms with E-state index in [1.165, 1.54) is 0 Å². The summed E-state index contributed by atoms with van der Waals surface area (Å²) < 4.78 is 3.02. The topological polar surface area (TPSA) is 50.2 Å². The highest BCUT2D eigenvalue weighted by Gasteiger charge is 2.18. The van der Waals surface area contributed by atoms with Crippen molar-refractivity contribution in [3.8, 4) is 0 Å². The van der Waals surface area contributed by atoms with Gasteiger partial charge in [-0.1, -0.05) is 6.92 Å². The van der Waals surface area contributed by atoms with Crippen molar-refractivity contribution in [3.63, 3.8) is 0 Å². The number of nitrogens with one attached hydrogen (secondary N) is 1. The van der Waals surface area contributed by atoms with Gasteiger partial charge in [-0.15, -0.1) is 0 Å². The van der Waals surface area contributed by atoms with Crippen molar-refractivity contribution in [2.75, 3.05) is 14.1 Å². The summed E-state index contributed by atoms with van der Waals surface area (Å²) in [5.41, 5.74) is 2.16. The van der Waals surface area contributed by atoms with Crippen LogP contribution >= 0.6 is 15.9 Å². The van der Waals surface area contributed by atoms with Crippen molar-refractivity contribution in [2.24, 2.45) is 0 Å². The maximum Gasteiger partial charge on any atom is 0.238 e. The smallest absolute Gasteiger partial charge is 0.238 e. The van der Waals surface area contributed by atoms with E-state index in [-0.39, 0.29) is 11.9 Å². The molecule has 6 heteroatoms. The second-order valence-corrected chi connectivity index (χ2v) is 5.50. The predicted octanol–water partition coefficient (Wildman–Crippen LogP) is 1.79. The molecule has 1 atom stereocenters. The first kappa shape index (κ1) is 16.2. The van der Waals surface area contributed by atoms with E-state index in [0.29, 0.717) is 6.54 Å². The molecule has 0 aliphatic carbocycles. The molecule has 108 valence electrons. The summed E-state index contributed by atoms with van der Waals surface area (Å²) in [5, 5.41) is 7.79. The molecular weight excluding hydrogens is 308 g/mol. The molecule has 5 nitrogen and oxygen atoms in total. The van der Waals surface area contributed by atoms with Crippen molar-refractivity contribution < 1.29 is 4.79 Å². The highest BCUT2D eigenvalue weighted by molar-refractivity contribution is 9.10. The highest BCUT2D eigenvalue weighted by Crippen LogP contribution is 2.22. The Labute approximate surface area is 123 Å². The quantitative estimate of drug-likeness (QED) is 0.865. The van der Waals surface area contributed by atoms with E-state index in [0.717, 1.165) is 28.8 Å². The van der Waals surface area contributed by atoms with Gasteiger partial charge in [0, 0.05) is 27.2 Å². The van der Waals surface area contributed by atoms with Gasteiger partial charge in [0.2, 0.25) is 5.91 Å². The Kier molecular flexibility index (Phi) is 6.00. The van der Waals surface area contributed by atoms with Crippen LogP contribution in [0.4, 0.5) is 0 Å². The molecule has 1 aromatic rings. The number of rotatable bonds is 6. The molecule has 0 aromatic carbocycles. The monoisotopic (exact) mass is 330 g/mol. The summed E-state index contributed by atoms with van der Waals surface area (Å²) in [4.78, 5) is 13.4. The number of carbonyl (C=O) groups excluding carboxylic acids is 1. The lowest BCUT2D eigenvalue weighted by Crippen LogP contribution is -2.41. The van der Waals surface area contributed by atoms with E-state index < -0.39 is 0 Å². The molecule has 0 radical (unpaired) electrons. The summed E-state index contributed by atoms with van der Waals surface area (Å²) in [6.45, 7) is 7.48. The number of amides is 1. The lowest BCUT2D eigenvalue weighted by Gasteiger charge is -2.18. The number of carbonyl (C=O) groups is 1. The summed E-state index contributed by atoms with van der Waals surface area (Å²) in [6, 6.07) is -0.202. The first-order valence-electron chi connectivity index (χ1n) is 6.60. The molecular formula is C13H23BrN4O.